The van der Waals surface area contributed by atoms with E-state index in [4.69, 9.17) is 9.47 Å². The molecule has 0 aromatic heterocycles. The van der Waals surface area contributed by atoms with E-state index in [-0.39, 0.29) is 12.1 Å². The van der Waals surface area contributed by atoms with Crippen LogP contribution in [0.15, 0.2) is 0 Å². The van der Waals surface area contributed by atoms with Crippen LogP contribution in [0.4, 0.5) is 4.79 Å². The zero-order valence-corrected chi connectivity index (χ0v) is 10.8. The van der Waals surface area contributed by atoms with Crippen LogP contribution >= 0.6 is 0 Å². The summed E-state index contributed by atoms with van der Waals surface area (Å²) in [6.45, 7) is 3.41. The Labute approximate surface area is 102 Å². The van der Waals surface area contributed by atoms with Crippen LogP contribution in [0.5, 0.6) is 0 Å². The van der Waals surface area contributed by atoms with Gasteiger partial charge in [0.2, 0.25) is 0 Å². The fourth-order valence-corrected chi connectivity index (χ4v) is 2.40. The molecule has 5 heteroatoms. The lowest BCUT2D eigenvalue weighted by atomic mass is 9.82. The van der Waals surface area contributed by atoms with Crippen LogP contribution in [0.2, 0.25) is 0 Å². The molecule has 17 heavy (non-hydrogen) atoms. The minimum Gasteiger partial charge on any atom is -0.469 e. The smallest absolute Gasteiger partial charge is 0.409 e. The highest BCUT2D eigenvalue weighted by Gasteiger charge is 2.32. The fourth-order valence-electron chi connectivity index (χ4n) is 2.40. The molecule has 0 bridgehead atoms. The number of methoxy groups -OCH3 is 2. The summed E-state index contributed by atoms with van der Waals surface area (Å²) < 4.78 is 9.41. The summed E-state index contributed by atoms with van der Waals surface area (Å²) in [5, 5.41) is 0. The Morgan fingerprint density at radius 1 is 1.24 bits per heavy atom. The molecule has 0 aromatic rings. The van der Waals surface area contributed by atoms with Crippen molar-refractivity contribution in [1.29, 1.82) is 0 Å². The number of likely N-dealkylation sites (tertiary alicyclic amines) is 1. The first kappa shape index (κ1) is 13.8. The Bertz CT molecular complexity index is 280. The van der Waals surface area contributed by atoms with Gasteiger partial charge in [0.1, 0.15) is 0 Å². The predicted octanol–water partition coefficient (Wildman–Crippen LogP) is 1.66. The van der Waals surface area contributed by atoms with E-state index in [1.165, 1.54) is 14.2 Å². The van der Waals surface area contributed by atoms with Crippen LogP contribution in [0.25, 0.3) is 0 Å². The first-order valence-corrected chi connectivity index (χ1v) is 6.02. The summed E-state index contributed by atoms with van der Waals surface area (Å²) in [6, 6.07) is 0. The second-order valence-electron chi connectivity index (χ2n) is 4.41. The zero-order chi connectivity index (χ0) is 12.8. The number of carbonyl (C=O) groups is 2. The lowest BCUT2D eigenvalue weighted by molar-refractivity contribution is -0.142. The Balaban J connectivity index is 2.55. The molecule has 1 aliphatic rings. The molecule has 1 rings (SSSR count). The molecule has 0 spiro atoms. The zero-order valence-electron chi connectivity index (χ0n) is 10.8. The van der Waals surface area contributed by atoms with Crippen LogP contribution < -0.4 is 0 Å². The summed E-state index contributed by atoms with van der Waals surface area (Å²) in [7, 11) is 2.80. The number of carbonyl (C=O) groups excluding carboxylic acids is 2. The molecular formula is C12H21NO4. The molecule has 1 heterocycles. The number of hydrogen-bond donors (Lipinski definition) is 0. The number of nitrogens with zero attached hydrogens (tertiary/aromatic N) is 1. The van der Waals surface area contributed by atoms with Gasteiger partial charge < -0.3 is 14.4 Å². The Kier molecular flexibility index (Phi) is 5.25. The molecule has 0 aliphatic carbocycles. The Morgan fingerprint density at radius 3 is 2.47 bits per heavy atom. The van der Waals surface area contributed by atoms with Gasteiger partial charge in [-0.25, -0.2) is 4.79 Å². The predicted molar refractivity (Wildman–Crippen MR) is 62.5 cm³/mol. The number of hydrogen-bond acceptors (Lipinski definition) is 4. The molecule has 0 radical (unpaired) electrons. The molecule has 98 valence electrons. The summed E-state index contributed by atoms with van der Waals surface area (Å²) in [6.07, 6.45) is 1.96. The van der Waals surface area contributed by atoms with Crippen molar-refractivity contribution in [3.8, 4) is 0 Å². The molecule has 2 atom stereocenters. The van der Waals surface area contributed by atoms with Crippen molar-refractivity contribution in [2.75, 3.05) is 27.3 Å². The standard InChI is InChI=1S/C12H21NO4/c1-4-9-8-13(12(15)17-3)6-5-10(9)7-11(14)16-2/h9-10H,4-8H2,1-3H3/t9-,10-/m0/s1. The van der Waals surface area contributed by atoms with Gasteiger partial charge in [-0.3, -0.25) is 4.79 Å². The molecule has 1 amide bonds. The van der Waals surface area contributed by atoms with E-state index in [1.54, 1.807) is 4.90 Å². The monoisotopic (exact) mass is 243 g/mol. The number of rotatable bonds is 3. The minimum atomic E-state index is -0.278. The van der Waals surface area contributed by atoms with Gasteiger partial charge in [-0.05, 0) is 18.3 Å². The summed E-state index contributed by atoms with van der Waals surface area (Å²) in [4.78, 5) is 24.4. The number of piperidine rings is 1. The molecular weight excluding hydrogens is 222 g/mol. The van der Waals surface area contributed by atoms with Gasteiger partial charge >= 0.3 is 12.1 Å². The van der Waals surface area contributed by atoms with E-state index in [2.05, 4.69) is 6.92 Å². The van der Waals surface area contributed by atoms with Crippen LogP contribution in [0, 0.1) is 11.8 Å². The first-order valence-electron chi connectivity index (χ1n) is 6.02. The molecule has 1 aliphatic heterocycles. The van der Waals surface area contributed by atoms with Crippen molar-refractivity contribution in [2.24, 2.45) is 11.8 Å². The van der Waals surface area contributed by atoms with Crippen LogP contribution in [0.1, 0.15) is 26.2 Å². The van der Waals surface area contributed by atoms with E-state index in [0.29, 0.717) is 31.3 Å². The average molecular weight is 243 g/mol. The van der Waals surface area contributed by atoms with Crippen LogP contribution in [-0.2, 0) is 14.3 Å². The first-order chi connectivity index (χ1) is 8.12. The molecule has 5 nitrogen and oxygen atoms in total. The fraction of sp³-hybridized carbons (Fsp3) is 0.833. The maximum atomic E-state index is 11.4. The molecule has 0 unspecified atom stereocenters. The van der Waals surface area contributed by atoms with Gasteiger partial charge in [0.15, 0.2) is 0 Å². The van der Waals surface area contributed by atoms with Crippen LogP contribution in [-0.4, -0.2) is 44.3 Å². The third-order valence-corrected chi connectivity index (χ3v) is 3.51. The largest absolute Gasteiger partial charge is 0.469 e. The highest BCUT2D eigenvalue weighted by Crippen LogP contribution is 2.29. The average Bonchev–Trinajstić information content (AvgIpc) is 2.37. The maximum Gasteiger partial charge on any atom is 0.409 e. The van der Waals surface area contributed by atoms with Gasteiger partial charge in [0, 0.05) is 19.5 Å². The molecule has 0 N–H and O–H groups in total. The normalized spacial score (nSPS) is 24.3. The van der Waals surface area contributed by atoms with E-state index in [1.807, 2.05) is 0 Å². The van der Waals surface area contributed by atoms with Gasteiger partial charge in [-0.1, -0.05) is 13.3 Å². The third kappa shape index (κ3) is 3.61. The van der Waals surface area contributed by atoms with Crippen molar-refractivity contribution in [2.45, 2.75) is 26.2 Å². The highest BCUT2D eigenvalue weighted by atomic mass is 16.5. The van der Waals surface area contributed by atoms with Gasteiger partial charge in [0.05, 0.1) is 14.2 Å². The minimum absolute atomic E-state index is 0.167. The van der Waals surface area contributed by atoms with Crippen LogP contribution in [0.3, 0.4) is 0 Å². The van der Waals surface area contributed by atoms with Crippen molar-refractivity contribution in [1.82, 2.24) is 4.90 Å². The second kappa shape index (κ2) is 6.47. The molecule has 1 fully saturated rings. The Hall–Kier alpha value is -1.26. The highest BCUT2D eigenvalue weighted by molar-refractivity contribution is 5.70. The van der Waals surface area contributed by atoms with E-state index in [0.717, 1.165) is 12.8 Å². The number of ether oxygens (including phenoxy) is 2. The summed E-state index contributed by atoms with van der Waals surface area (Å²) in [5.41, 5.74) is 0. The maximum absolute atomic E-state index is 11.4. The summed E-state index contributed by atoms with van der Waals surface area (Å²) in [5.74, 6) is 0.496. The molecule has 1 saturated heterocycles. The van der Waals surface area contributed by atoms with E-state index < -0.39 is 0 Å². The van der Waals surface area contributed by atoms with Gasteiger partial charge in [-0.15, -0.1) is 0 Å². The SMILES string of the molecule is CC[C@H]1CN(C(=O)OC)CC[C@H]1CC(=O)OC. The second-order valence-corrected chi connectivity index (χ2v) is 4.41. The van der Waals surface area contributed by atoms with Gasteiger partial charge in [0.25, 0.3) is 0 Å². The molecule has 0 saturated carbocycles. The van der Waals surface area contributed by atoms with Crippen molar-refractivity contribution >= 4 is 12.1 Å². The van der Waals surface area contributed by atoms with E-state index >= 15 is 0 Å². The molecule has 0 aromatic carbocycles. The lowest BCUT2D eigenvalue weighted by Crippen LogP contribution is -2.44. The van der Waals surface area contributed by atoms with E-state index in [9.17, 15) is 9.59 Å². The van der Waals surface area contributed by atoms with Crippen molar-refractivity contribution < 1.29 is 19.1 Å². The summed E-state index contributed by atoms with van der Waals surface area (Å²) >= 11 is 0. The Morgan fingerprint density at radius 2 is 1.94 bits per heavy atom. The number of esters is 1. The van der Waals surface area contributed by atoms with Crippen molar-refractivity contribution in [3.05, 3.63) is 0 Å². The quantitative estimate of drug-likeness (QED) is 0.707. The number of amides is 1. The van der Waals surface area contributed by atoms with Gasteiger partial charge in [-0.2, -0.15) is 0 Å². The third-order valence-electron chi connectivity index (χ3n) is 3.51. The lowest BCUT2D eigenvalue weighted by Gasteiger charge is -2.37. The topological polar surface area (TPSA) is 55.8 Å². The van der Waals surface area contributed by atoms with Crippen molar-refractivity contribution in [3.63, 3.8) is 0 Å².